The van der Waals surface area contributed by atoms with E-state index < -0.39 is 11.4 Å². The van der Waals surface area contributed by atoms with E-state index in [2.05, 4.69) is 5.10 Å². The van der Waals surface area contributed by atoms with Gasteiger partial charge in [-0.3, -0.25) is 9.59 Å². The summed E-state index contributed by atoms with van der Waals surface area (Å²) in [5.41, 5.74) is 1.62. The molecule has 6 nitrogen and oxygen atoms in total. The first-order valence-electron chi connectivity index (χ1n) is 7.54. The summed E-state index contributed by atoms with van der Waals surface area (Å²) in [6, 6.07) is 9.12. The van der Waals surface area contributed by atoms with Gasteiger partial charge in [0, 0.05) is 30.5 Å². The topological polar surface area (TPSA) is 75.4 Å². The Morgan fingerprint density at radius 1 is 1.22 bits per heavy atom. The fraction of sp³-hybridized carbons (Fsp3) is 0.353. The predicted molar refractivity (Wildman–Crippen MR) is 84.6 cm³/mol. The van der Waals surface area contributed by atoms with Gasteiger partial charge in [0.1, 0.15) is 0 Å². The number of hydrogen-bond acceptors (Lipinski definition) is 3. The van der Waals surface area contributed by atoms with Crippen molar-refractivity contribution in [2.75, 3.05) is 13.1 Å². The summed E-state index contributed by atoms with van der Waals surface area (Å²) in [7, 11) is 0. The van der Waals surface area contributed by atoms with Crippen molar-refractivity contribution in [2.45, 2.75) is 20.3 Å². The van der Waals surface area contributed by atoms with Crippen molar-refractivity contribution >= 4 is 11.9 Å². The van der Waals surface area contributed by atoms with Gasteiger partial charge in [-0.05, 0) is 50.6 Å². The van der Waals surface area contributed by atoms with E-state index in [0.717, 1.165) is 11.4 Å². The second-order valence-electron chi connectivity index (χ2n) is 6.27. The quantitative estimate of drug-likeness (QED) is 0.942. The first-order valence-corrected chi connectivity index (χ1v) is 7.54. The Kier molecular flexibility index (Phi) is 3.67. The number of aromatic nitrogens is 2. The highest BCUT2D eigenvalue weighted by atomic mass is 16.4. The molecule has 120 valence electrons. The SMILES string of the molecule is Cc1ccnn1-c1ccc(C(=O)N2CCC(C)(C(=O)O)C2)cc1. The second-order valence-corrected chi connectivity index (χ2v) is 6.27. The highest BCUT2D eigenvalue weighted by Crippen LogP contribution is 2.31. The van der Waals surface area contributed by atoms with Crippen LogP contribution >= 0.6 is 0 Å². The molecule has 1 aromatic heterocycles. The van der Waals surface area contributed by atoms with Gasteiger partial charge < -0.3 is 10.0 Å². The smallest absolute Gasteiger partial charge is 0.311 e. The second kappa shape index (κ2) is 5.53. The molecule has 1 fully saturated rings. The van der Waals surface area contributed by atoms with Crippen molar-refractivity contribution in [3.05, 3.63) is 47.8 Å². The van der Waals surface area contributed by atoms with E-state index in [1.165, 1.54) is 0 Å². The van der Waals surface area contributed by atoms with Gasteiger partial charge in [0.15, 0.2) is 0 Å². The van der Waals surface area contributed by atoms with Crippen LogP contribution in [0.25, 0.3) is 5.69 Å². The van der Waals surface area contributed by atoms with Gasteiger partial charge >= 0.3 is 5.97 Å². The normalized spacial score (nSPS) is 20.7. The molecule has 1 aliphatic rings. The fourth-order valence-electron chi connectivity index (χ4n) is 2.88. The lowest BCUT2D eigenvalue weighted by Gasteiger charge is -2.20. The van der Waals surface area contributed by atoms with Crippen LogP contribution < -0.4 is 0 Å². The number of aliphatic carboxylic acids is 1. The molecular formula is C17H19N3O3. The molecule has 1 atom stereocenters. The Morgan fingerprint density at radius 3 is 2.43 bits per heavy atom. The van der Waals surface area contributed by atoms with Crippen molar-refractivity contribution in [1.29, 1.82) is 0 Å². The third-order valence-corrected chi connectivity index (χ3v) is 4.47. The van der Waals surface area contributed by atoms with E-state index in [9.17, 15) is 14.7 Å². The van der Waals surface area contributed by atoms with Crippen molar-refractivity contribution in [2.24, 2.45) is 5.41 Å². The number of carbonyl (C=O) groups excluding carboxylic acids is 1. The van der Waals surface area contributed by atoms with Crippen LogP contribution in [0.2, 0.25) is 0 Å². The Morgan fingerprint density at radius 2 is 1.91 bits per heavy atom. The van der Waals surface area contributed by atoms with E-state index >= 15 is 0 Å². The van der Waals surface area contributed by atoms with Crippen molar-refractivity contribution in [3.63, 3.8) is 0 Å². The van der Waals surface area contributed by atoms with Gasteiger partial charge in [-0.2, -0.15) is 5.10 Å². The first-order chi connectivity index (χ1) is 10.9. The van der Waals surface area contributed by atoms with Crippen LogP contribution in [0.4, 0.5) is 0 Å². The molecule has 2 aromatic rings. The molecule has 0 saturated carbocycles. The number of hydrogen-bond donors (Lipinski definition) is 1. The van der Waals surface area contributed by atoms with Crippen LogP contribution in [0.15, 0.2) is 36.5 Å². The summed E-state index contributed by atoms with van der Waals surface area (Å²) in [6.07, 6.45) is 2.21. The van der Waals surface area contributed by atoms with Gasteiger partial charge in [-0.15, -0.1) is 0 Å². The largest absolute Gasteiger partial charge is 0.481 e. The summed E-state index contributed by atoms with van der Waals surface area (Å²) in [5, 5.41) is 13.5. The standard InChI is InChI=1S/C17H19N3O3/c1-12-7-9-18-20(12)14-5-3-13(4-6-14)15(21)19-10-8-17(2,11-19)16(22)23/h3-7,9H,8,10-11H2,1-2H3,(H,22,23). The van der Waals surface area contributed by atoms with Crippen LogP contribution in [0.1, 0.15) is 29.4 Å². The summed E-state index contributed by atoms with van der Waals surface area (Å²) in [5.74, 6) is -0.976. The number of carboxylic acids is 1. The molecule has 0 spiro atoms. The Labute approximate surface area is 134 Å². The zero-order valence-corrected chi connectivity index (χ0v) is 13.2. The number of benzene rings is 1. The summed E-state index contributed by atoms with van der Waals surface area (Å²) in [4.78, 5) is 25.4. The van der Waals surface area contributed by atoms with Crippen LogP contribution in [0, 0.1) is 12.3 Å². The molecule has 0 bridgehead atoms. The minimum atomic E-state index is -0.850. The summed E-state index contributed by atoms with van der Waals surface area (Å²) < 4.78 is 1.80. The molecule has 1 aliphatic heterocycles. The number of likely N-dealkylation sites (tertiary alicyclic amines) is 1. The molecule has 1 amide bonds. The lowest BCUT2D eigenvalue weighted by atomic mass is 9.90. The Balaban J connectivity index is 1.77. The van der Waals surface area contributed by atoms with E-state index in [4.69, 9.17) is 0 Å². The minimum Gasteiger partial charge on any atom is -0.481 e. The Bertz CT molecular complexity index is 751. The number of aryl methyl sites for hydroxylation is 1. The number of carbonyl (C=O) groups is 2. The van der Waals surface area contributed by atoms with Crippen LogP contribution in [-0.2, 0) is 4.79 Å². The average Bonchev–Trinajstić information content (AvgIpc) is 3.14. The van der Waals surface area contributed by atoms with Gasteiger partial charge in [0.2, 0.25) is 0 Å². The monoisotopic (exact) mass is 313 g/mol. The maximum absolute atomic E-state index is 12.5. The molecule has 0 radical (unpaired) electrons. The predicted octanol–water partition coefficient (Wildman–Crippen LogP) is 2.12. The molecule has 6 heteroatoms. The van der Waals surface area contributed by atoms with Crippen molar-refractivity contribution in [3.8, 4) is 5.69 Å². The zero-order valence-electron chi connectivity index (χ0n) is 13.2. The van der Waals surface area contributed by atoms with Crippen LogP contribution in [0.5, 0.6) is 0 Å². The molecule has 23 heavy (non-hydrogen) atoms. The number of carboxylic acid groups (broad SMARTS) is 1. The number of nitrogens with zero attached hydrogens (tertiary/aromatic N) is 3. The molecular weight excluding hydrogens is 294 g/mol. The molecule has 2 heterocycles. The van der Waals surface area contributed by atoms with Crippen LogP contribution in [-0.4, -0.2) is 44.8 Å². The average molecular weight is 313 g/mol. The molecule has 3 rings (SSSR count). The molecule has 1 aromatic carbocycles. The third kappa shape index (κ3) is 2.72. The summed E-state index contributed by atoms with van der Waals surface area (Å²) >= 11 is 0. The van der Waals surface area contributed by atoms with Crippen LogP contribution in [0.3, 0.4) is 0 Å². The maximum atomic E-state index is 12.5. The van der Waals surface area contributed by atoms with E-state index in [1.54, 1.807) is 34.8 Å². The van der Waals surface area contributed by atoms with Gasteiger partial charge in [0.25, 0.3) is 5.91 Å². The van der Waals surface area contributed by atoms with Crippen molar-refractivity contribution < 1.29 is 14.7 Å². The lowest BCUT2D eigenvalue weighted by Crippen LogP contribution is -2.34. The molecule has 1 saturated heterocycles. The zero-order chi connectivity index (χ0) is 16.6. The highest BCUT2D eigenvalue weighted by Gasteiger charge is 2.42. The fourth-order valence-corrected chi connectivity index (χ4v) is 2.88. The lowest BCUT2D eigenvalue weighted by molar-refractivity contribution is -0.147. The molecule has 1 unspecified atom stereocenters. The number of rotatable bonds is 3. The highest BCUT2D eigenvalue weighted by molar-refractivity contribution is 5.95. The summed E-state index contributed by atoms with van der Waals surface area (Å²) in [6.45, 7) is 4.37. The van der Waals surface area contributed by atoms with Gasteiger partial charge in [-0.1, -0.05) is 0 Å². The minimum absolute atomic E-state index is 0.126. The molecule has 0 aliphatic carbocycles. The third-order valence-electron chi connectivity index (χ3n) is 4.47. The molecule has 1 N–H and O–H groups in total. The maximum Gasteiger partial charge on any atom is 0.311 e. The van der Waals surface area contributed by atoms with Crippen molar-refractivity contribution in [1.82, 2.24) is 14.7 Å². The number of amides is 1. The Hall–Kier alpha value is -2.63. The van der Waals surface area contributed by atoms with Gasteiger partial charge in [-0.25, -0.2) is 4.68 Å². The first kappa shape index (κ1) is 15.3. The van der Waals surface area contributed by atoms with E-state index in [0.29, 0.717) is 18.5 Å². The van der Waals surface area contributed by atoms with E-state index in [-0.39, 0.29) is 12.5 Å². The van der Waals surface area contributed by atoms with E-state index in [1.807, 2.05) is 25.1 Å². The van der Waals surface area contributed by atoms with Gasteiger partial charge in [0.05, 0.1) is 11.1 Å².